The van der Waals surface area contributed by atoms with Crippen LogP contribution in [0.15, 0.2) is 0 Å². The maximum absolute atomic E-state index is 11.2. The molecule has 3 nitrogen and oxygen atoms in total. The molecular formula is C16H26N2OS. The Bertz CT molecular complexity index is 453. The van der Waals surface area contributed by atoms with Gasteiger partial charge in [-0.15, -0.1) is 0 Å². The second-order valence-corrected chi connectivity index (χ2v) is 7.22. The monoisotopic (exact) mass is 294 g/mol. The number of aromatic nitrogens is 1. The summed E-state index contributed by atoms with van der Waals surface area (Å²) in [6.07, 6.45) is 5.99. The van der Waals surface area contributed by atoms with E-state index in [1.807, 2.05) is 0 Å². The molecule has 112 valence electrons. The predicted octanol–water partition coefficient (Wildman–Crippen LogP) is 4.49. The first-order valence-electron chi connectivity index (χ1n) is 7.76. The third-order valence-corrected chi connectivity index (χ3v) is 5.98. The lowest BCUT2D eigenvalue weighted by Gasteiger charge is -2.40. The van der Waals surface area contributed by atoms with Gasteiger partial charge in [0, 0.05) is 13.1 Å². The third kappa shape index (κ3) is 2.90. The van der Waals surface area contributed by atoms with E-state index in [1.54, 1.807) is 11.3 Å². The molecule has 20 heavy (non-hydrogen) atoms. The standard InChI is InChI=1S/C16H26N2OS/c1-5-16(6-2)7-9-18(10-8-16)15-17-14(12(3)4)13(11-19)20-15/h11-12H,5-10H2,1-4H3. The van der Waals surface area contributed by atoms with Gasteiger partial charge in [0.2, 0.25) is 0 Å². The molecule has 2 rings (SSSR count). The van der Waals surface area contributed by atoms with E-state index in [1.165, 1.54) is 25.7 Å². The number of anilines is 1. The van der Waals surface area contributed by atoms with Crippen LogP contribution in [0.1, 0.15) is 74.7 Å². The quantitative estimate of drug-likeness (QED) is 0.750. The van der Waals surface area contributed by atoms with Gasteiger partial charge in [0.15, 0.2) is 11.4 Å². The summed E-state index contributed by atoms with van der Waals surface area (Å²) in [4.78, 5) is 19.1. The highest BCUT2D eigenvalue weighted by atomic mass is 32.1. The van der Waals surface area contributed by atoms with E-state index in [4.69, 9.17) is 4.98 Å². The number of hydrogen-bond acceptors (Lipinski definition) is 4. The maximum atomic E-state index is 11.2. The Kier molecular flexibility index (Phi) is 4.84. The van der Waals surface area contributed by atoms with Crippen molar-refractivity contribution in [1.82, 2.24) is 4.98 Å². The van der Waals surface area contributed by atoms with Crippen LogP contribution in [-0.4, -0.2) is 24.4 Å². The summed E-state index contributed by atoms with van der Waals surface area (Å²) in [7, 11) is 0. The fourth-order valence-electron chi connectivity index (χ4n) is 3.09. The number of hydrogen-bond donors (Lipinski definition) is 0. The maximum Gasteiger partial charge on any atom is 0.186 e. The molecule has 0 aromatic carbocycles. The van der Waals surface area contributed by atoms with Crippen LogP contribution in [0.3, 0.4) is 0 Å². The number of carbonyl (C=O) groups is 1. The van der Waals surface area contributed by atoms with Gasteiger partial charge < -0.3 is 4.90 Å². The molecule has 0 N–H and O–H groups in total. The van der Waals surface area contributed by atoms with Crippen LogP contribution in [0.2, 0.25) is 0 Å². The summed E-state index contributed by atoms with van der Waals surface area (Å²) in [6, 6.07) is 0. The van der Waals surface area contributed by atoms with Gasteiger partial charge in [0.25, 0.3) is 0 Å². The normalized spacial score (nSPS) is 18.6. The molecule has 0 spiro atoms. The number of carbonyl (C=O) groups excluding carboxylic acids is 1. The molecular weight excluding hydrogens is 268 g/mol. The van der Waals surface area contributed by atoms with Crippen molar-refractivity contribution in [2.24, 2.45) is 5.41 Å². The Balaban J connectivity index is 2.13. The molecule has 2 heterocycles. The second-order valence-electron chi connectivity index (χ2n) is 6.21. The fourth-order valence-corrected chi connectivity index (χ4v) is 4.18. The minimum atomic E-state index is 0.315. The van der Waals surface area contributed by atoms with E-state index in [-0.39, 0.29) is 0 Å². The molecule has 1 saturated heterocycles. The van der Waals surface area contributed by atoms with Crippen LogP contribution in [0.5, 0.6) is 0 Å². The topological polar surface area (TPSA) is 33.2 Å². The van der Waals surface area contributed by atoms with Crippen LogP contribution in [-0.2, 0) is 0 Å². The lowest BCUT2D eigenvalue weighted by atomic mass is 9.74. The SMILES string of the molecule is CCC1(CC)CCN(c2nc(C(C)C)c(C=O)s2)CC1. The zero-order valence-electron chi connectivity index (χ0n) is 13.1. The van der Waals surface area contributed by atoms with E-state index in [0.29, 0.717) is 11.3 Å². The van der Waals surface area contributed by atoms with Crippen molar-refractivity contribution in [3.8, 4) is 0 Å². The Hall–Kier alpha value is -0.900. The van der Waals surface area contributed by atoms with E-state index in [9.17, 15) is 4.79 Å². The number of nitrogens with zero attached hydrogens (tertiary/aromatic N) is 2. The first-order chi connectivity index (χ1) is 9.55. The first-order valence-corrected chi connectivity index (χ1v) is 8.57. The molecule has 0 atom stereocenters. The largest absolute Gasteiger partial charge is 0.348 e. The Morgan fingerprint density at radius 1 is 1.30 bits per heavy atom. The zero-order chi connectivity index (χ0) is 14.8. The molecule has 0 bridgehead atoms. The van der Waals surface area contributed by atoms with Crippen molar-refractivity contribution in [3.63, 3.8) is 0 Å². The average molecular weight is 294 g/mol. The van der Waals surface area contributed by atoms with Crippen LogP contribution >= 0.6 is 11.3 Å². The molecule has 0 radical (unpaired) electrons. The fraction of sp³-hybridized carbons (Fsp3) is 0.750. The number of aldehydes is 1. The molecule has 0 aliphatic carbocycles. The van der Waals surface area contributed by atoms with Gasteiger partial charge in [0.05, 0.1) is 10.6 Å². The molecule has 1 fully saturated rings. The minimum Gasteiger partial charge on any atom is -0.348 e. The molecule has 0 saturated carbocycles. The number of thiazole rings is 1. The average Bonchev–Trinajstić information content (AvgIpc) is 2.92. The van der Waals surface area contributed by atoms with E-state index < -0.39 is 0 Å². The zero-order valence-corrected chi connectivity index (χ0v) is 13.9. The first kappa shape index (κ1) is 15.5. The van der Waals surface area contributed by atoms with Crippen molar-refractivity contribution in [2.45, 2.75) is 59.3 Å². The highest BCUT2D eigenvalue weighted by molar-refractivity contribution is 7.17. The van der Waals surface area contributed by atoms with Crippen LogP contribution in [0.25, 0.3) is 0 Å². The lowest BCUT2D eigenvalue weighted by Crippen LogP contribution is -2.39. The molecule has 1 aliphatic rings. The second kappa shape index (κ2) is 6.25. The summed E-state index contributed by atoms with van der Waals surface area (Å²) in [5, 5.41) is 1.04. The van der Waals surface area contributed by atoms with Crippen molar-refractivity contribution >= 4 is 22.8 Å². The van der Waals surface area contributed by atoms with Crippen molar-refractivity contribution in [3.05, 3.63) is 10.6 Å². The highest BCUT2D eigenvalue weighted by Crippen LogP contribution is 2.40. The van der Waals surface area contributed by atoms with Gasteiger partial charge in [-0.1, -0.05) is 51.9 Å². The van der Waals surface area contributed by atoms with E-state index in [2.05, 4.69) is 32.6 Å². The molecule has 0 unspecified atom stereocenters. The van der Waals surface area contributed by atoms with Gasteiger partial charge in [0.1, 0.15) is 0 Å². The van der Waals surface area contributed by atoms with Crippen molar-refractivity contribution in [1.29, 1.82) is 0 Å². The highest BCUT2D eigenvalue weighted by Gasteiger charge is 2.32. The molecule has 0 amide bonds. The third-order valence-electron chi connectivity index (χ3n) is 4.92. The summed E-state index contributed by atoms with van der Waals surface area (Å²) in [5.41, 5.74) is 1.49. The van der Waals surface area contributed by atoms with Crippen LogP contribution in [0.4, 0.5) is 5.13 Å². The van der Waals surface area contributed by atoms with Gasteiger partial charge in [-0.05, 0) is 24.2 Å². The van der Waals surface area contributed by atoms with Gasteiger partial charge in [-0.2, -0.15) is 0 Å². The van der Waals surface area contributed by atoms with Gasteiger partial charge >= 0.3 is 0 Å². The van der Waals surface area contributed by atoms with Crippen molar-refractivity contribution in [2.75, 3.05) is 18.0 Å². The summed E-state index contributed by atoms with van der Waals surface area (Å²) in [5.74, 6) is 0.315. The number of piperidine rings is 1. The Morgan fingerprint density at radius 2 is 1.90 bits per heavy atom. The molecule has 1 aromatic heterocycles. The van der Waals surface area contributed by atoms with Crippen LogP contribution in [0, 0.1) is 5.41 Å². The van der Waals surface area contributed by atoms with Crippen molar-refractivity contribution < 1.29 is 4.79 Å². The van der Waals surface area contributed by atoms with Gasteiger partial charge in [-0.25, -0.2) is 4.98 Å². The van der Waals surface area contributed by atoms with Crippen LogP contribution < -0.4 is 4.90 Å². The van der Waals surface area contributed by atoms with Gasteiger partial charge in [-0.3, -0.25) is 4.79 Å². The van der Waals surface area contributed by atoms with E-state index >= 15 is 0 Å². The smallest absolute Gasteiger partial charge is 0.186 e. The molecule has 1 aromatic rings. The summed E-state index contributed by atoms with van der Waals surface area (Å²) >= 11 is 1.56. The number of rotatable bonds is 5. The lowest BCUT2D eigenvalue weighted by molar-refractivity contribution is 0.112. The predicted molar refractivity (Wildman–Crippen MR) is 86.1 cm³/mol. The van der Waals surface area contributed by atoms with E-state index in [0.717, 1.165) is 35.1 Å². The molecule has 1 aliphatic heterocycles. The summed E-state index contributed by atoms with van der Waals surface area (Å²) in [6.45, 7) is 11.0. The Morgan fingerprint density at radius 3 is 2.30 bits per heavy atom. The summed E-state index contributed by atoms with van der Waals surface area (Å²) < 4.78 is 0. The minimum absolute atomic E-state index is 0.315. The molecule has 4 heteroatoms. The Labute approximate surface area is 126 Å².